The molecule has 1 aromatic heterocycles. The van der Waals surface area contributed by atoms with Crippen LogP contribution in [0.25, 0.3) is 5.76 Å². The lowest BCUT2D eigenvalue weighted by Gasteiger charge is -2.23. The van der Waals surface area contributed by atoms with Crippen LogP contribution in [0.15, 0.2) is 76.6 Å². The van der Waals surface area contributed by atoms with Crippen LogP contribution in [0.1, 0.15) is 55.0 Å². The summed E-state index contributed by atoms with van der Waals surface area (Å²) in [6.45, 7) is 4.60. The predicted molar refractivity (Wildman–Crippen MR) is 173 cm³/mol. The highest BCUT2D eigenvalue weighted by molar-refractivity contribution is 8.00. The minimum Gasteiger partial charge on any atom is -0.507 e. The van der Waals surface area contributed by atoms with E-state index in [4.69, 9.17) is 21.1 Å². The fraction of sp³-hybridized carbons (Fsp3) is 0.273. The first kappa shape index (κ1) is 30.2. The lowest BCUT2D eigenvalue weighted by atomic mass is 9.94. The van der Waals surface area contributed by atoms with Crippen molar-refractivity contribution in [2.45, 2.75) is 55.3 Å². The number of amides is 1. The average molecular weight is 648 g/mol. The molecule has 0 unspecified atom stereocenters. The Kier molecular flexibility index (Phi) is 8.93. The molecular formula is C33H30ClN3O5S2. The molecule has 0 aliphatic carbocycles. The van der Waals surface area contributed by atoms with E-state index in [-0.39, 0.29) is 22.6 Å². The number of rotatable bonds is 10. The third kappa shape index (κ3) is 6.06. The molecule has 2 atom stereocenters. The van der Waals surface area contributed by atoms with Crippen molar-refractivity contribution >= 4 is 57.3 Å². The first-order chi connectivity index (χ1) is 21.3. The maximum absolute atomic E-state index is 13.7. The number of aliphatic hydroxyl groups is 1. The van der Waals surface area contributed by atoms with Gasteiger partial charge in [0.05, 0.1) is 18.2 Å². The molecule has 2 aliphatic rings. The molecule has 1 fully saturated rings. The highest BCUT2D eigenvalue weighted by Crippen LogP contribution is 2.45. The Morgan fingerprint density at radius 1 is 1.14 bits per heavy atom. The van der Waals surface area contributed by atoms with Gasteiger partial charge in [0.2, 0.25) is 5.13 Å². The number of fused-ring (bicyclic) bond motifs is 1. The quantitative estimate of drug-likeness (QED) is 0.0469. The van der Waals surface area contributed by atoms with E-state index in [1.54, 1.807) is 18.2 Å². The van der Waals surface area contributed by atoms with E-state index in [9.17, 15) is 14.7 Å². The zero-order valence-corrected chi connectivity index (χ0v) is 26.5. The van der Waals surface area contributed by atoms with Crippen LogP contribution in [0.3, 0.4) is 0 Å². The fourth-order valence-corrected chi connectivity index (χ4v) is 7.45. The Balaban J connectivity index is 1.39. The first-order valence-corrected chi connectivity index (χ1v) is 16.6. The normalized spacial score (nSPS) is 18.8. The molecule has 0 bridgehead atoms. The zero-order chi connectivity index (χ0) is 30.8. The van der Waals surface area contributed by atoms with Gasteiger partial charge in [0.1, 0.15) is 23.4 Å². The Hall–Kier alpha value is -3.86. The Morgan fingerprint density at radius 2 is 1.98 bits per heavy atom. The van der Waals surface area contributed by atoms with Gasteiger partial charge in [-0.15, -0.1) is 10.2 Å². The summed E-state index contributed by atoms with van der Waals surface area (Å²) in [5, 5.41) is 21.2. The van der Waals surface area contributed by atoms with Gasteiger partial charge in [-0.25, -0.2) is 0 Å². The molecule has 8 nitrogen and oxygen atoms in total. The molecule has 6 rings (SSSR count). The molecule has 226 valence electrons. The van der Waals surface area contributed by atoms with Crippen LogP contribution in [-0.2, 0) is 21.8 Å². The van der Waals surface area contributed by atoms with Gasteiger partial charge in [-0.05, 0) is 66.4 Å². The molecule has 11 heteroatoms. The van der Waals surface area contributed by atoms with Crippen molar-refractivity contribution in [3.63, 3.8) is 0 Å². The van der Waals surface area contributed by atoms with Gasteiger partial charge in [-0.3, -0.25) is 14.5 Å². The summed E-state index contributed by atoms with van der Waals surface area (Å²) in [5.41, 5.74) is 2.91. The minimum atomic E-state index is -0.942. The standard InChI is InChI=1S/C33H30ClN3O5S2/c1-3-4-14-41-24-10-7-9-20(17-24)28-27(29(38)21-12-13-26-23(16-21)15-19(2)42-26)30(39)31(40)37(28)32-35-36-33(44-32)43-18-22-8-5-6-11-25(22)34/h5-13,16-17,19,28,38H,3-4,14-15,18H2,1-2H3/b29-27+/t19-,28+/m0/s1. The van der Waals surface area contributed by atoms with Gasteiger partial charge in [-0.2, -0.15) is 0 Å². The van der Waals surface area contributed by atoms with E-state index in [2.05, 4.69) is 17.1 Å². The van der Waals surface area contributed by atoms with Crippen LogP contribution < -0.4 is 14.4 Å². The Labute approximate surface area is 268 Å². The van der Waals surface area contributed by atoms with Crippen LogP contribution in [0.2, 0.25) is 5.02 Å². The zero-order valence-electron chi connectivity index (χ0n) is 24.2. The minimum absolute atomic E-state index is 0.0193. The van der Waals surface area contributed by atoms with Crippen molar-refractivity contribution in [1.82, 2.24) is 10.2 Å². The van der Waals surface area contributed by atoms with E-state index < -0.39 is 17.7 Å². The smallest absolute Gasteiger partial charge is 0.301 e. The number of benzene rings is 3. The lowest BCUT2D eigenvalue weighted by molar-refractivity contribution is -0.132. The average Bonchev–Trinajstić information content (AvgIpc) is 3.71. The largest absolute Gasteiger partial charge is 0.507 e. The number of ether oxygens (including phenoxy) is 2. The number of unbranched alkanes of at least 4 members (excludes halogenated alkanes) is 1. The number of carbonyl (C=O) groups is 2. The van der Waals surface area contributed by atoms with Crippen LogP contribution in [0.5, 0.6) is 11.5 Å². The Morgan fingerprint density at radius 3 is 2.80 bits per heavy atom. The van der Waals surface area contributed by atoms with Gasteiger partial charge >= 0.3 is 5.91 Å². The van der Waals surface area contributed by atoms with Crippen molar-refractivity contribution in [3.05, 3.63) is 99.6 Å². The topological polar surface area (TPSA) is 102 Å². The van der Waals surface area contributed by atoms with Crippen LogP contribution in [0, 0.1) is 0 Å². The second kappa shape index (κ2) is 13.0. The van der Waals surface area contributed by atoms with E-state index in [1.807, 2.05) is 55.5 Å². The van der Waals surface area contributed by atoms with Gasteiger partial charge in [0.25, 0.3) is 5.78 Å². The number of aliphatic hydroxyl groups excluding tert-OH is 1. The number of aromatic nitrogens is 2. The van der Waals surface area contributed by atoms with Gasteiger partial charge in [-0.1, -0.05) is 78.4 Å². The number of halogens is 1. The van der Waals surface area contributed by atoms with Crippen LogP contribution >= 0.6 is 34.7 Å². The number of Topliss-reactive ketones (excluding diaryl/α,β-unsaturated/α-hetero) is 1. The van der Waals surface area contributed by atoms with Crippen molar-refractivity contribution in [3.8, 4) is 11.5 Å². The number of anilines is 1. The molecule has 0 spiro atoms. The Bertz CT molecular complexity index is 1760. The molecular weight excluding hydrogens is 618 g/mol. The van der Waals surface area contributed by atoms with Crippen molar-refractivity contribution in [1.29, 1.82) is 0 Å². The van der Waals surface area contributed by atoms with Gasteiger partial charge in [0, 0.05) is 22.8 Å². The summed E-state index contributed by atoms with van der Waals surface area (Å²) in [5.74, 6) is 0.0839. The molecule has 1 amide bonds. The maximum Gasteiger partial charge on any atom is 0.301 e. The molecule has 1 saturated heterocycles. The lowest BCUT2D eigenvalue weighted by Crippen LogP contribution is -2.29. The van der Waals surface area contributed by atoms with E-state index in [1.165, 1.54) is 28.0 Å². The molecule has 0 radical (unpaired) electrons. The van der Waals surface area contributed by atoms with Crippen LogP contribution in [0.4, 0.5) is 5.13 Å². The monoisotopic (exact) mass is 647 g/mol. The molecule has 4 aromatic rings. The predicted octanol–water partition coefficient (Wildman–Crippen LogP) is 7.61. The molecule has 44 heavy (non-hydrogen) atoms. The SMILES string of the molecule is CCCCOc1cccc([C@@H]2/C(=C(\O)c3ccc4c(c3)C[C@H](C)O4)C(=O)C(=O)N2c2nnc(SCc3ccccc3Cl)s2)c1. The third-order valence-electron chi connectivity index (χ3n) is 7.47. The summed E-state index contributed by atoms with van der Waals surface area (Å²) in [6, 6.07) is 19.2. The second-order valence-corrected chi connectivity index (χ2v) is 13.2. The van der Waals surface area contributed by atoms with Crippen molar-refractivity contribution in [2.75, 3.05) is 11.5 Å². The van der Waals surface area contributed by atoms with Crippen molar-refractivity contribution < 1.29 is 24.2 Å². The number of thioether (sulfide) groups is 1. The van der Waals surface area contributed by atoms with Gasteiger partial charge in [0.15, 0.2) is 4.34 Å². The summed E-state index contributed by atoms with van der Waals surface area (Å²) < 4.78 is 12.4. The number of nitrogens with zero attached hydrogens (tertiary/aromatic N) is 3. The molecule has 3 heterocycles. The maximum atomic E-state index is 13.7. The highest BCUT2D eigenvalue weighted by Gasteiger charge is 2.48. The number of ketones is 1. The van der Waals surface area contributed by atoms with E-state index >= 15 is 0 Å². The molecule has 1 N–H and O–H groups in total. The van der Waals surface area contributed by atoms with E-state index in [0.717, 1.165) is 29.7 Å². The third-order valence-corrected chi connectivity index (χ3v) is 9.94. The molecule has 3 aromatic carbocycles. The molecule has 2 aliphatic heterocycles. The molecule has 0 saturated carbocycles. The summed E-state index contributed by atoms with van der Waals surface area (Å²) in [7, 11) is 0. The number of carbonyl (C=O) groups excluding carboxylic acids is 2. The summed E-state index contributed by atoms with van der Waals surface area (Å²) in [6.07, 6.45) is 2.58. The number of hydrogen-bond acceptors (Lipinski definition) is 9. The summed E-state index contributed by atoms with van der Waals surface area (Å²) >= 11 is 8.97. The number of hydrogen-bond donors (Lipinski definition) is 1. The van der Waals surface area contributed by atoms with Crippen molar-refractivity contribution in [2.24, 2.45) is 0 Å². The summed E-state index contributed by atoms with van der Waals surface area (Å²) in [4.78, 5) is 28.7. The first-order valence-electron chi connectivity index (χ1n) is 14.4. The van der Waals surface area contributed by atoms with E-state index in [0.29, 0.717) is 45.0 Å². The van der Waals surface area contributed by atoms with Crippen LogP contribution in [-0.4, -0.2) is 39.7 Å². The van der Waals surface area contributed by atoms with Gasteiger partial charge < -0.3 is 14.6 Å². The fourth-order valence-electron chi connectivity index (χ4n) is 5.29. The second-order valence-electron chi connectivity index (χ2n) is 10.6. The highest BCUT2D eigenvalue weighted by atomic mass is 35.5.